The number of phenolic OH excluding ortho intramolecular Hbond substituents is 1. The van der Waals surface area contributed by atoms with Gasteiger partial charge in [0, 0.05) is 13.2 Å². The Kier molecular flexibility index (Phi) is 2.59. The fourth-order valence-electron chi connectivity index (χ4n) is 2.13. The predicted molar refractivity (Wildman–Crippen MR) is 72.2 cm³/mol. The minimum absolute atomic E-state index is 0.0865. The summed E-state index contributed by atoms with van der Waals surface area (Å²) in [5.74, 6) is 1.17. The lowest BCUT2D eigenvalue weighted by Gasteiger charge is -2.08. The van der Waals surface area contributed by atoms with Crippen LogP contribution in [0.5, 0.6) is 11.5 Å². The molecule has 5 nitrogen and oxygen atoms in total. The van der Waals surface area contributed by atoms with Crippen LogP contribution in [0.2, 0.25) is 0 Å². The number of methoxy groups -OCH3 is 1. The quantitative estimate of drug-likeness (QED) is 0.763. The van der Waals surface area contributed by atoms with Crippen LogP contribution in [0.4, 0.5) is 0 Å². The number of pyridine rings is 1. The second kappa shape index (κ2) is 4.28. The molecular formula is C14H13N3O2. The molecule has 0 radical (unpaired) electrons. The minimum Gasteiger partial charge on any atom is -0.504 e. The number of hydrogen-bond donors (Lipinski definition) is 1. The molecule has 0 aliphatic heterocycles. The third kappa shape index (κ3) is 1.71. The Morgan fingerprint density at radius 2 is 2.05 bits per heavy atom. The third-order valence-corrected chi connectivity index (χ3v) is 3.12. The van der Waals surface area contributed by atoms with E-state index in [0.717, 1.165) is 5.52 Å². The number of ether oxygens (including phenoxy) is 1. The molecule has 19 heavy (non-hydrogen) atoms. The number of imidazole rings is 1. The van der Waals surface area contributed by atoms with Crippen LogP contribution in [-0.4, -0.2) is 26.8 Å². The van der Waals surface area contributed by atoms with Gasteiger partial charge in [-0.2, -0.15) is 0 Å². The third-order valence-electron chi connectivity index (χ3n) is 3.12. The first-order valence-corrected chi connectivity index (χ1v) is 5.86. The van der Waals surface area contributed by atoms with Crippen molar-refractivity contribution in [3.63, 3.8) is 0 Å². The number of para-hydroxylation sites is 1. The highest BCUT2D eigenvalue weighted by atomic mass is 16.5. The van der Waals surface area contributed by atoms with Gasteiger partial charge >= 0.3 is 0 Å². The van der Waals surface area contributed by atoms with Crippen LogP contribution in [0, 0.1) is 0 Å². The number of phenols is 1. The van der Waals surface area contributed by atoms with Crippen molar-refractivity contribution < 1.29 is 9.84 Å². The van der Waals surface area contributed by atoms with Crippen LogP contribution in [0.15, 0.2) is 36.5 Å². The summed E-state index contributed by atoms with van der Waals surface area (Å²) in [5, 5.41) is 10.2. The first-order chi connectivity index (χ1) is 9.22. The summed E-state index contributed by atoms with van der Waals surface area (Å²) in [5.41, 5.74) is 2.20. The Bertz CT molecular complexity index is 750. The summed E-state index contributed by atoms with van der Waals surface area (Å²) in [4.78, 5) is 8.67. The van der Waals surface area contributed by atoms with E-state index in [9.17, 15) is 5.11 Å². The van der Waals surface area contributed by atoms with E-state index < -0.39 is 0 Å². The highest BCUT2D eigenvalue weighted by Crippen LogP contribution is 2.36. The number of nitrogens with zero attached hydrogens (tertiary/aromatic N) is 3. The molecule has 0 unspecified atom stereocenters. The molecule has 1 N–H and O–H groups in total. The van der Waals surface area contributed by atoms with E-state index in [4.69, 9.17) is 4.74 Å². The van der Waals surface area contributed by atoms with E-state index in [0.29, 0.717) is 22.8 Å². The summed E-state index contributed by atoms with van der Waals surface area (Å²) in [7, 11) is 3.42. The number of aromatic hydroxyl groups is 1. The van der Waals surface area contributed by atoms with E-state index in [1.54, 1.807) is 18.3 Å². The molecule has 2 heterocycles. The van der Waals surface area contributed by atoms with Gasteiger partial charge in [0.1, 0.15) is 5.82 Å². The lowest BCUT2D eigenvalue weighted by atomic mass is 10.1. The monoisotopic (exact) mass is 255 g/mol. The van der Waals surface area contributed by atoms with Gasteiger partial charge in [-0.3, -0.25) is 0 Å². The first-order valence-electron chi connectivity index (χ1n) is 5.86. The summed E-state index contributed by atoms with van der Waals surface area (Å²) >= 11 is 0. The van der Waals surface area contributed by atoms with Gasteiger partial charge in [0.15, 0.2) is 17.1 Å². The van der Waals surface area contributed by atoms with Crippen molar-refractivity contribution in [2.75, 3.05) is 7.11 Å². The molecule has 0 aliphatic carbocycles. The second-order valence-electron chi connectivity index (χ2n) is 4.20. The number of fused-ring (bicyclic) bond motifs is 1. The molecule has 0 amide bonds. The van der Waals surface area contributed by atoms with Crippen LogP contribution in [0.1, 0.15) is 0 Å². The van der Waals surface area contributed by atoms with E-state index in [1.165, 1.54) is 7.11 Å². The zero-order valence-corrected chi connectivity index (χ0v) is 10.7. The molecule has 0 saturated heterocycles. The number of aromatic nitrogens is 3. The van der Waals surface area contributed by atoms with Gasteiger partial charge in [-0.25, -0.2) is 9.97 Å². The van der Waals surface area contributed by atoms with Gasteiger partial charge in [-0.05, 0) is 24.3 Å². The average Bonchev–Trinajstić information content (AvgIpc) is 2.77. The van der Waals surface area contributed by atoms with Gasteiger partial charge in [-0.15, -0.1) is 0 Å². The smallest absolute Gasteiger partial charge is 0.178 e. The predicted octanol–water partition coefficient (Wildman–Crippen LogP) is 2.35. The summed E-state index contributed by atoms with van der Waals surface area (Å²) < 4.78 is 7.02. The van der Waals surface area contributed by atoms with Crippen molar-refractivity contribution in [2.45, 2.75) is 0 Å². The van der Waals surface area contributed by atoms with Crippen molar-refractivity contribution in [3.8, 4) is 22.9 Å². The Morgan fingerprint density at radius 1 is 1.21 bits per heavy atom. The van der Waals surface area contributed by atoms with Crippen LogP contribution in [0.3, 0.4) is 0 Å². The van der Waals surface area contributed by atoms with Gasteiger partial charge in [-0.1, -0.05) is 6.07 Å². The van der Waals surface area contributed by atoms with Crippen LogP contribution >= 0.6 is 0 Å². The highest BCUT2D eigenvalue weighted by molar-refractivity contribution is 5.79. The van der Waals surface area contributed by atoms with Gasteiger partial charge < -0.3 is 14.4 Å². The maximum atomic E-state index is 10.2. The molecule has 0 atom stereocenters. The lowest BCUT2D eigenvalue weighted by molar-refractivity contribution is 0.374. The van der Waals surface area contributed by atoms with Crippen LogP contribution < -0.4 is 4.74 Å². The van der Waals surface area contributed by atoms with E-state index in [1.807, 2.05) is 29.8 Å². The Hall–Kier alpha value is -2.56. The normalized spacial score (nSPS) is 10.8. The second-order valence-corrected chi connectivity index (χ2v) is 4.20. The standard InChI is InChI=1S/C14H13N3O2/c1-17-10-6-4-8-15-13(10)16-14(17)9-5-3-7-11(19-2)12(9)18/h3-8,18H,1-2H3. The maximum absolute atomic E-state index is 10.2. The molecule has 3 rings (SSSR count). The topological polar surface area (TPSA) is 60.2 Å². The van der Waals surface area contributed by atoms with Crippen LogP contribution in [0.25, 0.3) is 22.6 Å². The molecule has 96 valence electrons. The Labute approximate surface area is 110 Å². The number of benzene rings is 1. The van der Waals surface area contributed by atoms with E-state index in [2.05, 4.69) is 9.97 Å². The highest BCUT2D eigenvalue weighted by Gasteiger charge is 2.16. The van der Waals surface area contributed by atoms with Gasteiger partial charge in [0.25, 0.3) is 0 Å². The summed E-state index contributed by atoms with van der Waals surface area (Å²) in [6.07, 6.45) is 1.70. The van der Waals surface area contributed by atoms with Crippen molar-refractivity contribution in [1.29, 1.82) is 0 Å². The molecule has 0 spiro atoms. The zero-order chi connectivity index (χ0) is 13.4. The van der Waals surface area contributed by atoms with Crippen molar-refractivity contribution in [3.05, 3.63) is 36.5 Å². The molecule has 3 aromatic rings. The molecule has 0 fully saturated rings. The molecular weight excluding hydrogens is 242 g/mol. The molecule has 1 aromatic carbocycles. The zero-order valence-electron chi connectivity index (χ0n) is 10.7. The first kappa shape index (κ1) is 11.5. The molecule has 5 heteroatoms. The molecule has 0 aliphatic rings. The maximum Gasteiger partial charge on any atom is 0.178 e. The number of hydrogen-bond acceptors (Lipinski definition) is 4. The van der Waals surface area contributed by atoms with E-state index in [-0.39, 0.29) is 5.75 Å². The SMILES string of the molecule is COc1cccc(-c2nc3ncccc3n2C)c1O. The number of aryl methyl sites for hydroxylation is 1. The average molecular weight is 255 g/mol. The fourth-order valence-corrected chi connectivity index (χ4v) is 2.13. The fraction of sp³-hybridized carbons (Fsp3) is 0.143. The Balaban J connectivity index is 2.28. The van der Waals surface area contributed by atoms with Crippen molar-refractivity contribution in [1.82, 2.24) is 14.5 Å². The molecule has 0 saturated carbocycles. The summed E-state index contributed by atoms with van der Waals surface area (Å²) in [6, 6.07) is 9.13. The lowest BCUT2D eigenvalue weighted by Crippen LogP contribution is -1.94. The summed E-state index contributed by atoms with van der Waals surface area (Å²) in [6.45, 7) is 0. The largest absolute Gasteiger partial charge is 0.504 e. The Morgan fingerprint density at radius 3 is 2.79 bits per heavy atom. The minimum atomic E-state index is 0.0865. The van der Waals surface area contributed by atoms with Crippen LogP contribution in [-0.2, 0) is 7.05 Å². The van der Waals surface area contributed by atoms with E-state index >= 15 is 0 Å². The van der Waals surface area contributed by atoms with Crippen molar-refractivity contribution in [2.24, 2.45) is 7.05 Å². The molecule has 2 aromatic heterocycles. The van der Waals surface area contributed by atoms with Gasteiger partial charge in [0.2, 0.25) is 0 Å². The van der Waals surface area contributed by atoms with Crippen molar-refractivity contribution >= 4 is 11.2 Å². The van der Waals surface area contributed by atoms with Gasteiger partial charge in [0.05, 0.1) is 18.2 Å². The molecule has 0 bridgehead atoms. The number of rotatable bonds is 2.